The number of halogens is 2. The monoisotopic (exact) mass is 293 g/mol. The van der Waals surface area contributed by atoms with Gasteiger partial charge in [0.1, 0.15) is 12.5 Å². The van der Waals surface area contributed by atoms with Gasteiger partial charge in [0.25, 0.3) is 0 Å². The summed E-state index contributed by atoms with van der Waals surface area (Å²) in [5, 5.41) is 0.690. The average Bonchev–Trinajstić information content (AvgIpc) is 2.24. The molecular weight excluding hydrogens is 281 g/mol. The first-order valence-electron chi connectivity index (χ1n) is 4.92. The van der Waals surface area contributed by atoms with Crippen LogP contribution in [0.25, 0.3) is 0 Å². The lowest BCUT2D eigenvalue weighted by molar-refractivity contribution is 0.413. The Morgan fingerprint density at radius 3 is 2.56 bits per heavy atom. The molecule has 0 radical (unpaired) electrons. The summed E-state index contributed by atoms with van der Waals surface area (Å²) >= 11 is 3.22. The fourth-order valence-electron chi connectivity index (χ4n) is 1.38. The highest BCUT2D eigenvalue weighted by molar-refractivity contribution is 9.09. The van der Waals surface area contributed by atoms with Gasteiger partial charge in [0.15, 0.2) is 0 Å². The van der Waals surface area contributed by atoms with Crippen LogP contribution in [-0.2, 0) is 13.1 Å². The Hall–Kier alpha value is -0.980. The molecular formula is C9H13BrFN3O2. The average molecular weight is 294 g/mol. The highest BCUT2D eigenvalue weighted by atomic mass is 79.9. The summed E-state index contributed by atoms with van der Waals surface area (Å²) in [6, 6.07) is 0. The largest absolute Gasteiger partial charge is 0.353 e. The topological polar surface area (TPSA) is 56.9 Å². The maximum absolute atomic E-state index is 12.2. The van der Waals surface area contributed by atoms with Gasteiger partial charge in [0.2, 0.25) is 0 Å². The summed E-state index contributed by atoms with van der Waals surface area (Å²) in [7, 11) is 0. The Morgan fingerprint density at radius 1 is 1.31 bits per heavy atom. The minimum absolute atomic E-state index is 0.0632. The van der Waals surface area contributed by atoms with Gasteiger partial charge in [0, 0.05) is 11.9 Å². The van der Waals surface area contributed by atoms with Crippen molar-refractivity contribution in [3.63, 3.8) is 0 Å². The van der Waals surface area contributed by atoms with E-state index >= 15 is 0 Å². The van der Waals surface area contributed by atoms with Crippen LogP contribution < -0.4 is 11.4 Å². The SMILES string of the molecule is Cc1nc(=O)n(CCCBr)c(=O)n1CCF. The summed E-state index contributed by atoms with van der Waals surface area (Å²) in [5.74, 6) is 0.253. The first-order valence-corrected chi connectivity index (χ1v) is 6.04. The molecule has 0 unspecified atom stereocenters. The van der Waals surface area contributed by atoms with Crippen molar-refractivity contribution in [1.82, 2.24) is 14.1 Å². The highest BCUT2D eigenvalue weighted by Gasteiger charge is 2.09. The fourth-order valence-corrected chi connectivity index (χ4v) is 1.63. The van der Waals surface area contributed by atoms with E-state index in [4.69, 9.17) is 0 Å². The van der Waals surface area contributed by atoms with Crippen molar-refractivity contribution < 1.29 is 4.39 Å². The third-order valence-electron chi connectivity index (χ3n) is 2.16. The van der Waals surface area contributed by atoms with E-state index in [2.05, 4.69) is 20.9 Å². The molecule has 16 heavy (non-hydrogen) atoms. The molecule has 0 spiro atoms. The van der Waals surface area contributed by atoms with Crippen molar-refractivity contribution in [1.29, 1.82) is 0 Å². The van der Waals surface area contributed by atoms with Crippen molar-refractivity contribution in [2.75, 3.05) is 12.0 Å². The first kappa shape index (κ1) is 13.1. The molecule has 0 N–H and O–H groups in total. The Kier molecular flexibility index (Phi) is 4.85. The molecule has 0 saturated carbocycles. The predicted molar refractivity (Wildman–Crippen MR) is 61.9 cm³/mol. The molecule has 0 saturated heterocycles. The van der Waals surface area contributed by atoms with Crippen LogP contribution in [0.3, 0.4) is 0 Å². The highest BCUT2D eigenvalue weighted by Crippen LogP contribution is 1.91. The lowest BCUT2D eigenvalue weighted by Gasteiger charge is -2.09. The molecule has 0 aromatic carbocycles. The van der Waals surface area contributed by atoms with Gasteiger partial charge in [-0.1, -0.05) is 15.9 Å². The van der Waals surface area contributed by atoms with E-state index in [1.165, 1.54) is 11.5 Å². The predicted octanol–water partition coefficient (Wildman–Crippen LogP) is 0.468. The Balaban J connectivity index is 3.22. The second-order valence-electron chi connectivity index (χ2n) is 3.26. The van der Waals surface area contributed by atoms with E-state index in [1.807, 2.05) is 0 Å². The molecule has 0 aliphatic carbocycles. The lowest BCUT2D eigenvalue weighted by atomic mass is 10.5. The second kappa shape index (κ2) is 5.93. The Bertz CT molecular complexity index is 469. The molecule has 1 aromatic heterocycles. The fraction of sp³-hybridized carbons (Fsp3) is 0.667. The molecule has 0 fully saturated rings. The van der Waals surface area contributed by atoms with E-state index in [0.717, 1.165) is 4.57 Å². The molecule has 1 rings (SSSR count). The number of nitrogens with zero attached hydrogens (tertiary/aromatic N) is 3. The number of rotatable bonds is 5. The minimum Gasteiger partial charge on any atom is -0.279 e. The third kappa shape index (κ3) is 2.78. The summed E-state index contributed by atoms with van der Waals surface area (Å²) < 4.78 is 14.4. The van der Waals surface area contributed by atoms with Crippen molar-refractivity contribution in [2.24, 2.45) is 0 Å². The molecule has 0 bridgehead atoms. The van der Waals surface area contributed by atoms with Crippen LogP contribution in [0.1, 0.15) is 12.2 Å². The Labute approximate surface area is 100 Å². The van der Waals surface area contributed by atoms with Crippen LogP contribution in [0.4, 0.5) is 4.39 Å². The van der Waals surface area contributed by atoms with Crippen molar-refractivity contribution in [2.45, 2.75) is 26.4 Å². The molecule has 0 aliphatic rings. The molecule has 1 heterocycles. The molecule has 7 heteroatoms. The zero-order chi connectivity index (χ0) is 12.1. The van der Waals surface area contributed by atoms with Gasteiger partial charge in [-0.3, -0.25) is 4.57 Å². The number of alkyl halides is 2. The summed E-state index contributed by atoms with van der Waals surface area (Å²) in [5.41, 5.74) is -1.06. The Morgan fingerprint density at radius 2 is 2.00 bits per heavy atom. The van der Waals surface area contributed by atoms with Crippen molar-refractivity contribution in [3.05, 3.63) is 26.8 Å². The van der Waals surface area contributed by atoms with Crippen molar-refractivity contribution >= 4 is 15.9 Å². The van der Waals surface area contributed by atoms with Crippen LogP contribution in [0.15, 0.2) is 9.59 Å². The second-order valence-corrected chi connectivity index (χ2v) is 4.05. The summed E-state index contributed by atoms with van der Waals surface area (Å²) in [6.07, 6.45) is 0.648. The number of hydrogen-bond acceptors (Lipinski definition) is 3. The van der Waals surface area contributed by atoms with E-state index in [9.17, 15) is 14.0 Å². The normalized spacial score (nSPS) is 10.7. The number of aryl methyl sites for hydroxylation is 1. The van der Waals surface area contributed by atoms with Crippen LogP contribution >= 0.6 is 15.9 Å². The minimum atomic E-state index is -0.654. The van der Waals surface area contributed by atoms with Gasteiger partial charge in [-0.2, -0.15) is 4.98 Å². The van der Waals surface area contributed by atoms with Crippen LogP contribution in [0, 0.1) is 6.92 Å². The zero-order valence-electron chi connectivity index (χ0n) is 8.95. The molecule has 90 valence electrons. The standard InChI is InChI=1S/C9H13BrFN3O2/c1-7-12-8(15)14(5-2-3-10)9(16)13(7)6-4-11/h2-6H2,1H3. The van der Waals surface area contributed by atoms with Gasteiger partial charge in [0.05, 0.1) is 6.54 Å². The zero-order valence-corrected chi connectivity index (χ0v) is 10.5. The summed E-state index contributed by atoms with van der Waals surface area (Å²) in [6.45, 7) is 1.10. The maximum atomic E-state index is 12.2. The lowest BCUT2D eigenvalue weighted by Crippen LogP contribution is -2.43. The van der Waals surface area contributed by atoms with E-state index in [-0.39, 0.29) is 12.4 Å². The van der Waals surface area contributed by atoms with Crippen molar-refractivity contribution in [3.8, 4) is 0 Å². The van der Waals surface area contributed by atoms with Gasteiger partial charge < -0.3 is 0 Å². The molecule has 0 atom stereocenters. The molecule has 0 aliphatic heterocycles. The summed E-state index contributed by atoms with van der Waals surface area (Å²) in [4.78, 5) is 27.0. The van der Waals surface area contributed by atoms with Crippen LogP contribution in [-0.4, -0.2) is 26.1 Å². The maximum Gasteiger partial charge on any atom is 0.353 e. The van der Waals surface area contributed by atoms with Crippen LogP contribution in [0.2, 0.25) is 0 Å². The quantitative estimate of drug-likeness (QED) is 0.742. The van der Waals surface area contributed by atoms with Gasteiger partial charge in [-0.15, -0.1) is 0 Å². The van der Waals surface area contributed by atoms with Crippen LogP contribution in [0.5, 0.6) is 0 Å². The molecule has 5 nitrogen and oxygen atoms in total. The van der Waals surface area contributed by atoms with Gasteiger partial charge >= 0.3 is 11.4 Å². The number of aromatic nitrogens is 3. The van der Waals surface area contributed by atoms with E-state index < -0.39 is 18.1 Å². The first-order chi connectivity index (χ1) is 7.61. The number of hydrogen-bond donors (Lipinski definition) is 0. The van der Waals surface area contributed by atoms with E-state index in [0.29, 0.717) is 18.3 Å². The molecule has 0 amide bonds. The van der Waals surface area contributed by atoms with Gasteiger partial charge in [-0.05, 0) is 13.3 Å². The van der Waals surface area contributed by atoms with E-state index in [1.54, 1.807) is 0 Å². The van der Waals surface area contributed by atoms with Gasteiger partial charge in [-0.25, -0.2) is 18.5 Å². The third-order valence-corrected chi connectivity index (χ3v) is 2.72. The molecule has 1 aromatic rings. The smallest absolute Gasteiger partial charge is 0.279 e.